The van der Waals surface area contributed by atoms with E-state index < -0.39 is 11.3 Å². The van der Waals surface area contributed by atoms with Crippen molar-refractivity contribution in [3.05, 3.63) is 33.9 Å². The van der Waals surface area contributed by atoms with E-state index in [1.165, 1.54) is 12.1 Å². The number of hydrogen-bond donors (Lipinski definition) is 1. The van der Waals surface area contributed by atoms with Crippen LogP contribution < -0.4 is 5.32 Å². The van der Waals surface area contributed by atoms with Gasteiger partial charge in [0.1, 0.15) is 0 Å². The van der Waals surface area contributed by atoms with Gasteiger partial charge in [-0.1, -0.05) is 6.92 Å². The zero-order chi connectivity index (χ0) is 14.4. The monoisotopic (exact) mass is 290 g/mol. The van der Waals surface area contributed by atoms with Crippen LogP contribution in [0.25, 0.3) is 0 Å². The molecule has 0 aromatic heterocycles. The Morgan fingerprint density at radius 3 is 2.68 bits per heavy atom. The van der Waals surface area contributed by atoms with Crippen molar-refractivity contribution in [3.63, 3.8) is 0 Å². The maximum absolute atomic E-state index is 12.9. The maximum atomic E-state index is 12.9. The van der Waals surface area contributed by atoms with Crippen LogP contribution in [-0.4, -0.2) is 23.0 Å². The average molecular weight is 290 g/mol. The topological polar surface area (TPSA) is 55.2 Å². The summed E-state index contributed by atoms with van der Waals surface area (Å²) in [5.74, 6) is 0. The van der Waals surface area contributed by atoms with E-state index in [1.807, 2.05) is 6.26 Å². The first-order valence-corrected chi connectivity index (χ1v) is 7.07. The number of nitrogens with zero attached hydrogens (tertiary/aromatic N) is 1. The molecule has 19 heavy (non-hydrogen) atoms. The normalized spacial score (nSPS) is 12.5. The first-order valence-electron chi connectivity index (χ1n) is 5.79. The van der Waals surface area contributed by atoms with Crippen LogP contribution in [0.15, 0.2) is 18.2 Å². The van der Waals surface area contributed by atoms with Gasteiger partial charge >= 0.3 is 0 Å². The molecule has 0 aliphatic heterocycles. The molecule has 0 aliphatic carbocycles. The second-order valence-corrected chi connectivity index (χ2v) is 5.37. The number of rotatable bonds is 7. The van der Waals surface area contributed by atoms with Gasteiger partial charge in [-0.05, 0) is 18.7 Å². The number of anilines is 1. The van der Waals surface area contributed by atoms with Gasteiger partial charge < -0.3 is 5.32 Å². The molecule has 4 nitrogen and oxygen atoms in total. The van der Waals surface area contributed by atoms with Crippen LogP contribution >= 0.6 is 11.8 Å². The van der Waals surface area contributed by atoms with Crippen LogP contribution in [0.4, 0.5) is 20.2 Å². The van der Waals surface area contributed by atoms with Gasteiger partial charge in [-0.3, -0.25) is 10.1 Å². The molecule has 1 rings (SSSR count). The Morgan fingerprint density at radius 1 is 1.47 bits per heavy atom. The average Bonchev–Trinajstić information content (AvgIpc) is 2.38. The van der Waals surface area contributed by atoms with Crippen LogP contribution in [0, 0.1) is 10.1 Å². The van der Waals surface area contributed by atoms with E-state index in [0.717, 1.165) is 12.5 Å². The third kappa shape index (κ3) is 4.66. The third-order valence-electron chi connectivity index (χ3n) is 2.75. The van der Waals surface area contributed by atoms with Crippen LogP contribution in [0.3, 0.4) is 0 Å². The lowest BCUT2D eigenvalue weighted by molar-refractivity contribution is -0.385. The summed E-state index contributed by atoms with van der Waals surface area (Å²) < 4.78 is 25.7. The Morgan fingerprint density at radius 2 is 2.16 bits per heavy atom. The fraction of sp³-hybridized carbons (Fsp3) is 0.500. The van der Waals surface area contributed by atoms with Crippen molar-refractivity contribution in [2.75, 3.05) is 18.1 Å². The number of hydrogen-bond acceptors (Lipinski definition) is 4. The smallest absolute Gasteiger partial charge is 0.270 e. The Labute approximate surface area is 114 Å². The van der Waals surface area contributed by atoms with Crippen molar-refractivity contribution < 1.29 is 13.7 Å². The van der Waals surface area contributed by atoms with Gasteiger partial charge in [0.25, 0.3) is 12.1 Å². The van der Waals surface area contributed by atoms with Crippen molar-refractivity contribution in [2.45, 2.75) is 25.0 Å². The number of nitro groups is 1. The summed E-state index contributed by atoms with van der Waals surface area (Å²) in [6.45, 7) is 2.61. The van der Waals surface area contributed by atoms with Crippen molar-refractivity contribution >= 4 is 23.1 Å². The molecular formula is C12H16F2N2O2S. The first-order chi connectivity index (χ1) is 8.95. The van der Waals surface area contributed by atoms with Gasteiger partial charge in [0.2, 0.25) is 0 Å². The predicted molar refractivity (Wildman–Crippen MR) is 74.1 cm³/mol. The van der Waals surface area contributed by atoms with Crippen molar-refractivity contribution in [3.8, 4) is 0 Å². The molecule has 1 atom stereocenters. The van der Waals surface area contributed by atoms with Gasteiger partial charge in [-0.2, -0.15) is 11.8 Å². The largest absolute Gasteiger partial charge is 0.385 e. The number of nitro benzene ring substituents is 1. The SMILES string of the molecule is CSC(C)CCNc1ccc([N+](=O)[O-])cc1C(F)F. The van der Waals surface area contributed by atoms with Gasteiger partial charge in [0.15, 0.2) is 0 Å². The minimum Gasteiger partial charge on any atom is -0.385 e. The summed E-state index contributed by atoms with van der Waals surface area (Å²) >= 11 is 1.70. The van der Waals surface area contributed by atoms with Crippen molar-refractivity contribution in [1.82, 2.24) is 0 Å². The van der Waals surface area contributed by atoms with Crippen LogP contribution in [0.5, 0.6) is 0 Å². The van der Waals surface area contributed by atoms with Crippen molar-refractivity contribution in [2.24, 2.45) is 0 Å². The molecule has 0 aliphatic rings. The number of halogens is 2. The van der Waals surface area contributed by atoms with E-state index in [9.17, 15) is 18.9 Å². The zero-order valence-corrected chi connectivity index (χ0v) is 11.5. The lowest BCUT2D eigenvalue weighted by atomic mass is 10.1. The molecule has 106 valence electrons. The molecule has 0 saturated carbocycles. The molecule has 0 amide bonds. The third-order valence-corrected chi connectivity index (χ3v) is 3.79. The lowest BCUT2D eigenvalue weighted by Crippen LogP contribution is -2.09. The molecule has 0 saturated heterocycles. The minimum absolute atomic E-state index is 0.258. The molecule has 0 heterocycles. The van der Waals surface area contributed by atoms with E-state index in [-0.39, 0.29) is 16.9 Å². The van der Waals surface area contributed by atoms with E-state index >= 15 is 0 Å². The molecule has 1 unspecified atom stereocenters. The quantitative estimate of drug-likeness (QED) is 0.607. The number of benzene rings is 1. The lowest BCUT2D eigenvalue weighted by Gasteiger charge is -2.13. The van der Waals surface area contributed by atoms with E-state index in [4.69, 9.17) is 0 Å². The van der Waals surface area contributed by atoms with Gasteiger partial charge in [-0.25, -0.2) is 8.78 Å². The fourth-order valence-corrected chi connectivity index (χ4v) is 1.89. The van der Waals surface area contributed by atoms with E-state index in [2.05, 4.69) is 12.2 Å². The Kier molecular flexibility index (Phi) is 6.01. The molecule has 1 aromatic rings. The maximum Gasteiger partial charge on any atom is 0.270 e. The molecular weight excluding hydrogens is 274 g/mol. The second-order valence-electron chi connectivity index (χ2n) is 4.09. The van der Waals surface area contributed by atoms with E-state index in [1.54, 1.807) is 11.8 Å². The van der Waals surface area contributed by atoms with Crippen LogP contribution in [-0.2, 0) is 0 Å². The number of nitrogens with one attached hydrogen (secondary N) is 1. The summed E-state index contributed by atoms with van der Waals surface area (Å²) in [5.41, 5.74) is -0.391. The number of thioether (sulfide) groups is 1. The molecule has 0 spiro atoms. The first kappa shape index (κ1) is 15.7. The van der Waals surface area contributed by atoms with Gasteiger partial charge in [0, 0.05) is 35.2 Å². The summed E-state index contributed by atoms with van der Waals surface area (Å²) in [6, 6.07) is 3.49. The highest BCUT2D eigenvalue weighted by Gasteiger charge is 2.17. The van der Waals surface area contributed by atoms with Gasteiger partial charge in [0.05, 0.1) is 4.92 Å². The second kappa shape index (κ2) is 7.28. The molecule has 0 fully saturated rings. The standard InChI is InChI=1S/C12H16F2N2O2S/c1-8(19-2)5-6-15-11-4-3-9(16(17)18)7-10(11)12(13)14/h3-4,7-8,12,15H,5-6H2,1-2H3. The molecule has 1 aromatic carbocycles. The molecule has 0 radical (unpaired) electrons. The number of non-ortho nitro benzene ring substituents is 1. The van der Waals surface area contributed by atoms with Crippen LogP contribution in [0.2, 0.25) is 0 Å². The van der Waals surface area contributed by atoms with E-state index in [0.29, 0.717) is 11.8 Å². The Bertz CT molecular complexity index is 444. The summed E-state index contributed by atoms with van der Waals surface area (Å²) in [7, 11) is 0. The molecule has 0 bridgehead atoms. The highest BCUT2D eigenvalue weighted by atomic mass is 32.2. The molecule has 7 heteroatoms. The fourth-order valence-electron chi connectivity index (χ4n) is 1.53. The highest BCUT2D eigenvalue weighted by Crippen LogP contribution is 2.30. The van der Waals surface area contributed by atoms with Gasteiger partial charge in [-0.15, -0.1) is 0 Å². The predicted octanol–water partition coefficient (Wildman–Crippen LogP) is 4.09. The van der Waals surface area contributed by atoms with Crippen molar-refractivity contribution in [1.29, 1.82) is 0 Å². The minimum atomic E-state index is -2.74. The van der Waals surface area contributed by atoms with Crippen LogP contribution in [0.1, 0.15) is 25.3 Å². The zero-order valence-electron chi connectivity index (χ0n) is 10.7. The summed E-state index contributed by atoms with van der Waals surface area (Å²) in [5, 5.41) is 13.9. The Balaban J connectivity index is 2.79. The number of alkyl halides is 2. The Hall–Kier alpha value is -1.37. The molecule has 1 N–H and O–H groups in total. The summed E-state index contributed by atoms with van der Waals surface area (Å²) in [4.78, 5) is 9.89. The summed E-state index contributed by atoms with van der Waals surface area (Å²) in [6.07, 6.45) is 0.0856. The highest BCUT2D eigenvalue weighted by molar-refractivity contribution is 7.99.